The van der Waals surface area contributed by atoms with E-state index < -0.39 is 7.82 Å². The predicted octanol–water partition coefficient (Wildman–Crippen LogP) is 2.80. The first-order valence-corrected chi connectivity index (χ1v) is 9.45. The molecule has 0 amide bonds. The molecule has 4 nitrogen and oxygen atoms in total. The zero-order valence-corrected chi connectivity index (χ0v) is 14.8. The Labute approximate surface area is 123 Å². The summed E-state index contributed by atoms with van der Waals surface area (Å²) < 4.78 is 20.5. The maximum Gasteiger partial charge on any atom is 0.267 e. The van der Waals surface area contributed by atoms with Crippen molar-refractivity contribution < 1.29 is 18.5 Å². The Morgan fingerprint density at radius 3 is 1.67 bits per heavy atom. The van der Waals surface area contributed by atoms with Crippen molar-refractivity contribution in [2.75, 3.05) is 23.9 Å². The Bertz CT molecular complexity index is 199. The van der Waals surface area contributed by atoms with E-state index in [2.05, 4.69) is 72.8 Å². The first-order valence-electron chi connectivity index (χ1n) is 3.91. The van der Waals surface area contributed by atoms with Crippen molar-refractivity contribution >= 4 is 71.5 Å². The lowest BCUT2D eigenvalue weighted by molar-refractivity contribution is -0.225. The predicted molar refractivity (Wildman–Crippen MR) is 72.5 cm³/mol. The first-order chi connectivity index (χ1) is 6.91. The normalized spacial score (nSPS) is 19.5. The Hall–Kier alpha value is 2.03. The van der Waals surface area contributed by atoms with Gasteiger partial charge in [0.05, 0.1) is 13.2 Å². The molecule has 0 aromatic rings. The minimum Gasteiger partial charge on any atom is -0.756 e. The van der Waals surface area contributed by atoms with Crippen molar-refractivity contribution in [2.45, 2.75) is 9.65 Å². The minimum absolute atomic E-state index is 0.0489. The molecule has 15 heavy (non-hydrogen) atoms. The number of halogens is 4. The van der Waals surface area contributed by atoms with Crippen LogP contribution in [0.5, 0.6) is 0 Å². The second-order valence-electron chi connectivity index (χ2n) is 2.54. The van der Waals surface area contributed by atoms with Crippen LogP contribution >= 0.6 is 71.5 Å². The van der Waals surface area contributed by atoms with Gasteiger partial charge in [0.1, 0.15) is 0 Å². The number of alkyl halides is 4. The second kappa shape index (κ2) is 9.03. The van der Waals surface area contributed by atoms with E-state index in [1.807, 2.05) is 0 Å². The Kier molecular flexibility index (Phi) is 10.2. The summed E-state index contributed by atoms with van der Waals surface area (Å²) in [6, 6.07) is 0. The fourth-order valence-electron chi connectivity index (χ4n) is 0.471. The van der Waals surface area contributed by atoms with Crippen LogP contribution in [0.15, 0.2) is 0 Å². The molecule has 0 aromatic carbocycles. The third-order valence-electron chi connectivity index (χ3n) is 1.16. The number of rotatable bonds is 8. The molecule has 2 unspecified atom stereocenters. The molecule has 0 radical (unpaired) electrons. The maximum atomic E-state index is 11.2. The van der Waals surface area contributed by atoms with Crippen LogP contribution in [0.4, 0.5) is 0 Å². The average Bonchev–Trinajstić information content (AvgIpc) is 2.22. The third-order valence-corrected chi connectivity index (χ3v) is 6.57. The van der Waals surface area contributed by atoms with Gasteiger partial charge in [-0.15, -0.1) is 0 Å². The van der Waals surface area contributed by atoms with E-state index in [9.17, 15) is 9.46 Å². The van der Waals surface area contributed by atoms with Crippen LogP contribution in [0.2, 0.25) is 0 Å². The molecule has 0 fully saturated rings. The van der Waals surface area contributed by atoms with E-state index in [0.717, 1.165) is 0 Å². The van der Waals surface area contributed by atoms with Crippen molar-refractivity contribution in [2.24, 2.45) is 0 Å². The molecule has 0 aromatic heterocycles. The molecule has 0 N–H and O–H groups in total. The molecule has 0 saturated heterocycles. The second-order valence-corrected chi connectivity index (χ2v) is 7.84. The van der Waals surface area contributed by atoms with Gasteiger partial charge >= 0.3 is 0 Å². The van der Waals surface area contributed by atoms with Crippen molar-refractivity contribution in [3.05, 3.63) is 0 Å². The third kappa shape index (κ3) is 9.71. The van der Waals surface area contributed by atoms with E-state index in [1.54, 1.807) is 0 Å². The SMILES string of the molecule is O=P([O-])(OCC(Br)CBr)OCC(Br)CBr. The van der Waals surface area contributed by atoms with Crippen LogP contribution in [-0.2, 0) is 13.6 Å². The lowest BCUT2D eigenvalue weighted by Gasteiger charge is -2.24. The highest BCUT2D eigenvalue weighted by Gasteiger charge is 2.14. The number of hydrogen-bond acceptors (Lipinski definition) is 4. The minimum atomic E-state index is -4.18. The monoisotopic (exact) mass is 493 g/mol. The number of phosphoric acid groups is 1. The van der Waals surface area contributed by atoms with Crippen LogP contribution < -0.4 is 4.89 Å². The van der Waals surface area contributed by atoms with Crippen molar-refractivity contribution in [1.29, 1.82) is 0 Å². The lowest BCUT2D eigenvalue weighted by Crippen LogP contribution is -2.18. The van der Waals surface area contributed by atoms with E-state index in [-0.39, 0.29) is 22.9 Å². The highest BCUT2D eigenvalue weighted by Crippen LogP contribution is 2.39. The molecule has 0 aliphatic heterocycles. The summed E-state index contributed by atoms with van der Waals surface area (Å²) in [6.45, 7) is 0.0978. The van der Waals surface area contributed by atoms with Gasteiger partial charge in [0.25, 0.3) is 7.82 Å². The lowest BCUT2D eigenvalue weighted by atomic mass is 10.5. The highest BCUT2D eigenvalue weighted by atomic mass is 79.9. The quantitative estimate of drug-likeness (QED) is 0.383. The highest BCUT2D eigenvalue weighted by molar-refractivity contribution is 9.12. The van der Waals surface area contributed by atoms with Gasteiger partial charge in [-0.2, -0.15) is 0 Å². The summed E-state index contributed by atoms with van der Waals surface area (Å²) in [5.74, 6) is 0. The number of hydrogen-bond donors (Lipinski definition) is 0. The fourth-order valence-corrected chi connectivity index (χ4v) is 2.32. The molecule has 2 atom stereocenters. The maximum absolute atomic E-state index is 11.2. The van der Waals surface area contributed by atoms with Crippen molar-refractivity contribution in [1.82, 2.24) is 0 Å². The standard InChI is InChI=1S/C6H11Br4O4P/c7-1-5(9)3-13-15(11,12)14-4-6(10)2-8/h5-6H,1-4H2,(H,11,12)/p-1. The summed E-state index contributed by atoms with van der Waals surface area (Å²) in [7, 11) is -4.18. The van der Waals surface area contributed by atoms with Crippen LogP contribution in [-0.4, -0.2) is 33.5 Å². The smallest absolute Gasteiger partial charge is 0.267 e. The zero-order valence-electron chi connectivity index (χ0n) is 7.58. The molecule has 0 rings (SSSR count). The summed E-state index contributed by atoms with van der Waals surface area (Å²) in [6.07, 6.45) is 0. The fraction of sp³-hybridized carbons (Fsp3) is 1.00. The number of phosphoric ester groups is 1. The molecule has 0 aliphatic rings. The summed E-state index contributed by atoms with van der Waals surface area (Å²) in [5, 5.41) is 1.21. The zero-order chi connectivity index (χ0) is 11.9. The molecular formula is C6H10Br4O4P-. The Morgan fingerprint density at radius 1 is 1.07 bits per heavy atom. The molecule has 92 valence electrons. The van der Waals surface area contributed by atoms with E-state index in [0.29, 0.717) is 10.7 Å². The van der Waals surface area contributed by atoms with E-state index in [1.165, 1.54) is 0 Å². The van der Waals surface area contributed by atoms with Gasteiger partial charge in [-0.1, -0.05) is 63.7 Å². The molecule has 0 saturated carbocycles. The molecule has 0 bridgehead atoms. The molecule has 9 heteroatoms. The van der Waals surface area contributed by atoms with Crippen LogP contribution in [0.25, 0.3) is 0 Å². The topological polar surface area (TPSA) is 58.6 Å². The summed E-state index contributed by atoms with van der Waals surface area (Å²) in [4.78, 5) is 11.1. The average molecular weight is 497 g/mol. The summed E-state index contributed by atoms with van der Waals surface area (Å²) >= 11 is 12.8. The molecule has 0 spiro atoms. The largest absolute Gasteiger partial charge is 0.756 e. The summed E-state index contributed by atoms with van der Waals surface area (Å²) in [5.41, 5.74) is 0. The van der Waals surface area contributed by atoms with Crippen LogP contribution in [0.3, 0.4) is 0 Å². The van der Waals surface area contributed by atoms with Gasteiger partial charge in [0.15, 0.2) is 0 Å². The van der Waals surface area contributed by atoms with Gasteiger partial charge in [-0.05, 0) is 0 Å². The molecule has 0 heterocycles. The van der Waals surface area contributed by atoms with Gasteiger partial charge < -0.3 is 13.9 Å². The van der Waals surface area contributed by atoms with Gasteiger partial charge in [0.2, 0.25) is 0 Å². The van der Waals surface area contributed by atoms with Crippen LogP contribution in [0.1, 0.15) is 0 Å². The van der Waals surface area contributed by atoms with Crippen LogP contribution in [0, 0.1) is 0 Å². The Balaban J connectivity index is 3.81. The van der Waals surface area contributed by atoms with Gasteiger partial charge in [0, 0.05) is 20.3 Å². The van der Waals surface area contributed by atoms with Gasteiger partial charge in [-0.25, -0.2) is 0 Å². The van der Waals surface area contributed by atoms with E-state index >= 15 is 0 Å². The molecular weight excluding hydrogens is 487 g/mol. The van der Waals surface area contributed by atoms with Gasteiger partial charge in [-0.3, -0.25) is 4.57 Å². The first kappa shape index (κ1) is 17.0. The van der Waals surface area contributed by atoms with Crippen molar-refractivity contribution in [3.63, 3.8) is 0 Å². The Morgan fingerprint density at radius 2 is 1.40 bits per heavy atom. The van der Waals surface area contributed by atoms with Crippen molar-refractivity contribution in [3.8, 4) is 0 Å². The molecule has 0 aliphatic carbocycles. The van der Waals surface area contributed by atoms with E-state index in [4.69, 9.17) is 0 Å².